The standard InChI is InChI=1S/C14H16ClN3/c1-10-12(5-2-6-13(10)15)14(18-16)8-11-4-3-7-17-9-11/h2-7,9,14,18H,8,16H2,1H3. The van der Waals surface area contributed by atoms with Crippen LogP contribution >= 0.6 is 11.6 Å². The van der Waals surface area contributed by atoms with E-state index < -0.39 is 0 Å². The molecule has 4 heteroatoms. The van der Waals surface area contributed by atoms with Crippen LogP contribution in [0.4, 0.5) is 0 Å². The van der Waals surface area contributed by atoms with Crippen molar-refractivity contribution in [2.24, 2.45) is 5.84 Å². The summed E-state index contributed by atoms with van der Waals surface area (Å²) >= 11 is 6.14. The number of hydrogen-bond donors (Lipinski definition) is 2. The molecule has 0 aliphatic heterocycles. The topological polar surface area (TPSA) is 50.9 Å². The smallest absolute Gasteiger partial charge is 0.0504 e. The van der Waals surface area contributed by atoms with E-state index in [1.807, 2.05) is 43.5 Å². The zero-order chi connectivity index (χ0) is 13.0. The molecule has 0 spiro atoms. The molecule has 1 atom stereocenters. The Morgan fingerprint density at radius 2 is 2.17 bits per heavy atom. The van der Waals surface area contributed by atoms with Gasteiger partial charge in [-0.1, -0.05) is 29.8 Å². The lowest BCUT2D eigenvalue weighted by Gasteiger charge is -2.19. The second-order valence-electron chi connectivity index (χ2n) is 4.24. The van der Waals surface area contributed by atoms with Crippen molar-refractivity contribution in [3.05, 3.63) is 64.4 Å². The van der Waals surface area contributed by atoms with Gasteiger partial charge in [0.25, 0.3) is 0 Å². The van der Waals surface area contributed by atoms with Crippen LogP contribution < -0.4 is 11.3 Å². The summed E-state index contributed by atoms with van der Waals surface area (Å²) in [4.78, 5) is 4.11. The summed E-state index contributed by atoms with van der Waals surface area (Å²) in [6.07, 6.45) is 4.40. The Morgan fingerprint density at radius 1 is 1.33 bits per heavy atom. The third-order valence-corrected chi connectivity index (χ3v) is 3.46. The number of hydrazine groups is 1. The van der Waals surface area contributed by atoms with Crippen LogP contribution in [0.3, 0.4) is 0 Å². The van der Waals surface area contributed by atoms with Crippen LogP contribution in [0.2, 0.25) is 5.02 Å². The van der Waals surface area contributed by atoms with Crippen molar-refractivity contribution in [2.75, 3.05) is 0 Å². The molecule has 2 aromatic rings. The van der Waals surface area contributed by atoms with Gasteiger partial charge in [0.05, 0.1) is 6.04 Å². The maximum absolute atomic E-state index is 6.14. The van der Waals surface area contributed by atoms with Gasteiger partial charge in [0.2, 0.25) is 0 Å². The molecule has 0 fully saturated rings. The zero-order valence-corrected chi connectivity index (χ0v) is 11.0. The van der Waals surface area contributed by atoms with Crippen LogP contribution in [-0.4, -0.2) is 4.98 Å². The van der Waals surface area contributed by atoms with Gasteiger partial charge in [0.15, 0.2) is 0 Å². The van der Waals surface area contributed by atoms with E-state index in [-0.39, 0.29) is 6.04 Å². The monoisotopic (exact) mass is 261 g/mol. The highest BCUT2D eigenvalue weighted by Crippen LogP contribution is 2.25. The summed E-state index contributed by atoms with van der Waals surface area (Å²) in [5.41, 5.74) is 6.17. The van der Waals surface area contributed by atoms with Crippen LogP contribution in [0.5, 0.6) is 0 Å². The van der Waals surface area contributed by atoms with Gasteiger partial charge in [-0.25, -0.2) is 0 Å². The summed E-state index contributed by atoms with van der Waals surface area (Å²) in [5.74, 6) is 5.66. The SMILES string of the molecule is Cc1c(Cl)cccc1C(Cc1cccnc1)NN. The van der Waals surface area contributed by atoms with Crippen molar-refractivity contribution in [1.82, 2.24) is 10.4 Å². The first kappa shape index (κ1) is 13.0. The van der Waals surface area contributed by atoms with Crippen molar-refractivity contribution < 1.29 is 0 Å². The number of pyridine rings is 1. The summed E-state index contributed by atoms with van der Waals surface area (Å²) in [6, 6.07) is 9.87. The maximum atomic E-state index is 6.14. The minimum atomic E-state index is 0.0351. The Kier molecular flexibility index (Phi) is 4.31. The Hall–Kier alpha value is -1.42. The first-order valence-corrected chi connectivity index (χ1v) is 6.20. The molecule has 0 aliphatic carbocycles. The van der Waals surface area contributed by atoms with Gasteiger partial charge in [0.1, 0.15) is 0 Å². The molecule has 0 bridgehead atoms. The molecule has 0 radical (unpaired) electrons. The average Bonchev–Trinajstić information content (AvgIpc) is 2.41. The molecule has 0 aliphatic rings. The molecular formula is C14H16ClN3. The second-order valence-corrected chi connectivity index (χ2v) is 4.65. The molecular weight excluding hydrogens is 246 g/mol. The maximum Gasteiger partial charge on any atom is 0.0504 e. The number of nitrogens with one attached hydrogen (secondary N) is 1. The molecule has 0 saturated heterocycles. The number of halogens is 1. The normalized spacial score (nSPS) is 12.4. The molecule has 3 N–H and O–H groups in total. The van der Waals surface area contributed by atoms with Crippen LogP contribution in [0.25, 0.3) is 0 Å². The van der Waals surface area contributed by atoms with Crippen LogP contribution in [0.1, 0.15) is 22.7 Å². The van der Waals surface area contributed by atoms with E-state index in [4.69, 9.17) is 17.4 Å². The van der Waals surface area contributed by atoms with Crippen molar-refractivity contribution in [3.8, 4) is 0 Å². The predicted octanol–water partition coefficient (Wildman–Crippen LogP) is 2.79. The third kappa shape index (κ3) is 2.88. The van der Waals surface area contributed by atoms with Gasteiger partial charge in [-0.3, -0.25) is 16.3 Å². The third-order valence-electron chi connectivity index (χ3n) is 3.05. The Bertz CT molecular complexity index is 514. The van der Waals surface area contributed by atoms with E-state index >= 15 is 0 Å². The highest BCUT2D eigenvalue weighted by Gasteiger charge is 2.14. The highest BCUT2D eigenvalue weighted by molar-refractivity contribution is 6.31. The Morgan fingerprint density at radius 3 is 2.83 bits per heavy atom. The second kappa shape index (κ2) is 5.96. The van der Waals surface area contributed by atoms with E-state index in [0.29, 0.717) is 0 Å². The largest absolute Gasteiger partial charge is 0.271 e. The first-order valence-electron chi connectivity index (χ1n) is 5.82. The van der Waals surface area contributed by atoms with Gasteiger partial charge in [-0.2, -0.15) is 0 Å². The molecule has 1 unspecified atom stereocenters. The molecule has 0 saturated carbocycles. The molecule has 3 nitrogen and oxygen atoms in total. The number of aromatic nitrogens is 1. The fraction of sp³-hybridized carbons (Fsp3) is 0.214. The highest BCUT2D eigenvalue weighted by atomic mass is 35.5. The van der Waals surface area contributed by atoms with Crippen molar-refractivity contribution in [3.63, 3.8) is 0 Å². The van der Waals surface area contributed by atoms with Gasteiger partial charge in [0, 0.05) is 17.4 Å². The average molecular weight is 262 g/mol. The summed E-state index contributed by atoms with van der Waals surface area (Å²) in [5, 5.41) is 0.763. The lowest BCUT2D eigenvalue weighted by molar-refractivity contribution is 0.549. The summed E-state index contributed by atoms with van der Waals surface area (Å²) < 4.78 is 0. The molecule has 18 heavy (non-hydrogen) atoms. The van der Waals surface area contributed by atoms with Crippen molar-refractivity contribution >= 4 is 11.6 Å². The Balaban J connectivity index is 2.26. The van der Waals surface area contributed by atoms with E-state index in [1.54, 1.807) is 6.20 Å². The van der Waals surface area contributed by atoms with E-state index in [9.17, 15) is 0 Å². The van der Waals surface area contributed by atoms with Gasteiger partial charge in [-0.15, -0.1) is 0 Å². The molecule has 1 aromatic heterocycles. The zero-order valence-electron chi connectivity index (χ0n) is 10.2. The molecule has 1 heterocycles. The fourth-order valence-electron chi connectivity index (χ4n) is 2.01. The lowest BCUT2D eigenvalue weighted by atomic mass is 9.96. The van der Waals surface area contributed by atoms with Crippen molar-refractivity contribution in [1.29, 1.82) is 0 Å². The van der Waals surface area contributed by atoms with E-state index in [0.717, 1.165) is 28.1 Å². The van der Waals surface area contributed by atoms with Gasteiger partial charge < -0.3 is 0 Å². The molecule has 94 valence electrons. The van der Waals surface area contributed by atoms with Crippen LogP contribution in [-0.2, 0) is 6.42 Å². The van der Waals surface area contributed by atoms with Crippen molar-refractivity contribution in [2.45, 2.75) is 19.4 Å². The number of benzene rings is 1. The first-order chi connectivity index (χ1) is 8.72. The fourth-order valence-corrected chi connectivity index (χ4v) is 2.20. The minimum Gasteiger partial charge on any atom is -0.271 e. The summed E-state index contributed by atoms with van der Waals surface area (Å²) in [7, 11) is 0. The predicted molar refractivity (Wildman–Crippen MR) is 74.2 cm³/mol. The molecule has 0 amide bonds. The number of nitrogens with two attached hydrogens (primary N) is 1. The van der Waals surface area contributed by atoms with E-state index in [1.165, 1.54) is 0 Å². The number of hydrogen-bond acceptors (Lipinski definition) is 3. The minimum absolute atomic E-state index is 0.0351. The number of nitrogens with zero attached hydrogens (tertiary/aromatic N) is 1. The van der Waals surface area contributed by atoms with Crippen LogP contribution in [0, 0.1) is 6.92 Å². The summed E-state index contributed by atoms with van der Waals surface area (Å²) in [6.45, 7) is 2.01. The lowest BCUT2D eigenvalue weighted by Crippen LogP contribution is -2.30. The van der Waals surface area contributed by atoms with Gasteiger partial charge in [-0.05, 0) is 42.2 Å². The van der Waals surface area contributed by atoms with E-state index in [2.05, 4.69) is 10.4 Å². The van der Waals surface area contributed by atoms with Crippen LogP contribution in [0.15, 0.2) is 42.7 Å². The quantitative estimate of drug-likeness (QED) is 0.657. The molecule has 1 aromatic carbocycles. The Labute approximate surface area is 112 Å². The molecule has 2 rings (SSSR count). The van der Waals surface area contributed by atoms with Gasteiger partial charge >= 0.3 is 0 Å². The number of rotatable bonds is 4.